The Morgan fingerprint density at radius 2 is 2.00 bits per heavy atom. The fourth-order valence-electron chi connectivity index (χ4n) is 3.88. The van der Waals surface area contributed by atoms with Crippen LogP contribution in [0.2, 0.25) is 0 Å². The van der Waals surface area contributed by atoms with Crippen LogP contribution < -0.4 is 5.32 Å². The molecule has 0 spiro atoms. The fourth-order valence-corrected chi connectivity index (χ4v) is 3.88. The summed E-state index contributed by atoms with van der Waals surface area (Å²) in [5.74, 6) is 0.758. The Bertz CT molecular complexity index is 1090. The number of imide groups is 1. The minimum absolute atomic E-state index is 0.0652. The lowest BCUT2D eigenvalue weighted by Gasteiger charge is -2.30. The smallest absolute Gasteiger partial charge is 0.416 e. The van der Waals surface area contributed by atoms with Gasteiger partial charge in [-0.1, -0.05) is 18.2 Å². The van der Waals surface area contributed by atoms with E-state index in [1.807, 2.05) is 30.3 Å². The molecule has 0 unspecified atom stereocenters. The summed E-state index contributed by atoms with van der Waals surface area (Å²) in [5.41, 5.74) is 0.972. The molecule has 2 N–H and O–H groups in total. The third-order valence-electron chi connectivity index (χ3n) is 5.53. The molecule has 1 fully saturated rings. The van der Waals surface area contributed by atoms with Gasteiger partial charge in [0.15, 0.2) is 5.82 Å². The highest BCUT2D eigenvalue weighted by atomic mass is 16.6. The quantitative estimate of drug-likeness (QED) is 0.602. The number of rotatable bonds is 6. The first-order valence-corrected chi connectivity index (χ1v) is 10.7. The van der Waals surface area contributed by atoms with Crippen LogP contribution in [-0.2, 0) is 9.53 Å². The van der Waals surface area contributed by atoms with Crippen molar-refractivity contribution in [2.24, 2.45) is 0 Å². The van der Waals surface area contributed by atoms with E-state index in [2.05, 4.69) is 20.4 Å². The molecule has 1 aliphatic carbocycles. The number of ether oxygens (including phenoxy) is 1. The number of aliphatic hydroxyl groups excluding tert-OH is 1. The van der Waals surface area contributed by atoms with E-state index in [9.17, 15) is 9.59 Å². The van der Waals surface area contributed by atoms with Crippen molar-refractivity contribution in [1.82, 2.24) is 24.6 Å². The van der Waals surface area contributed by atoms with Crippen LogP contribution in [0.15, 0.2) is 42.7 Å². The van der Waals surface area contributed by atoms with E-state index in [-0.39, 0.29) is 25.3 Å². The Morgan fingerprint density at radius 1 is 1.22 bits per heavy atom. The van der Waals surface area contributed by atoms with E-state index in [1.165, 1.54) is 6.92 Å². The number of nitrogens with one attached hydrogen (secondary N) is 1. The number of amides is 2. The van der Waals surface area contributed by atoms with Crippen LogP contribution in [0.1, 0.15) is 32.6 Å². The zero-order chi connectivity index (χ0) is 22.5. The molecule has 10 nitrogen and oxygen atoms in total. The van der Waals surface area contributed by atoms with Gasteiger partial charge in [0.05, 0.1) is 24.9 Å². The second-order valence-electron chi connectivity index (χ2n) is 7.75. The fraction of sp³-hybridized carbons (Fsp3) is 0.409. The molecule has 1 aromatic carbocycles. The van der Waals surface area contributed by atoms with E-state index in [4.69, 9.17) is 9.84 Å². The SMILES string of the molecule is CC(=O)N(CCO)C(=O)OC1CCC(Nc2nccc(-n3ncc4ccccc43)n2)CC1. The van der Waals surface area contributed by atoms with Gasteiger partial charge in [-0.15, -0.1) is 0 Å². The number of benzene rings is 1. The first kappa shape index (κ1) is 21.7. The molecule has 2 amide bonds. The molecule has 1 aliphatic rings. The van der Waals surface area contributed by atoms with Crippen LogP contribution in [0.3, 0.4) is 0 Å². The van der Waals surface area contributed by atoms with Gasteiger partial charge < -0.3 is 15.2 Å². The van der Waals surface area contributed by atoms with E-state index in [0.29, 0.717) is 24.6 Å². The van der Waals surface area contributed by atoms with Gasteiger partial charge in [0.2, 0.25) is 11.9 Å². The zero-order valence-electron chi connectivity index (χ0n) is 17.8. The Labute approximate surface area is 185 Å². The Kier molecular flexibility index (Phi) is 6.60. The number of aromatic nitrogens is 4. The van der Waals surface area contributed by atoms with Crippen LogP contribution >= 0.6 is 0 Å². The minimum atomic E-state index is -0.703. The average molecular weight is 438 g/mol. The number of hydrogen-bond acceptors (Lipinski definition) is 8. The molecule has 1 saturated carbocycles. The Hall–Kier alpha value is -3.53. The van der Waals surface area contributed by atoms with E-state index >= 15 is 0 Å². The van der Waals surface area contributed by atoms with Gasteiger partial charge in [0.25, 0.3) is 0 Å². The summed E-state index contributed by atoms with van der Waals surface area (Å²) in [6, 6.07) is 9.90. The summed E-state index contributed by atoms with van der Waals surface area (Å²) in [7, 11) is 0. The number of nitrogens with zero attached hydrogens (tertiary/aromatic N) is 5. The summed E-state index contributed by atoms with van der Waals surface area (Å²) in [5, 5.41) is 17.9. The summed E-state index contributed by atoms with van der Waals surface area (Å²) in [6.07, 6.45) is 5.42. The van der Waals surface area contributed by atoms with Crippen molar-refractivity contribution < 1.29 is 19.4 Å². The molecule has 0 atom stereocenters. The summed E-state index contributed by atoms with van der Waals surface area (Å²) in [6.45, 7) is 0.918. The molecular weight excluding hydrogens is 412 g/mol. The van der Waals surface area contributed by atoms with Crippen molar-refractivity contribution in [2.75, 3.05) is 18.5 Å². The molecule has 2 heterocycles. The van der Waals surface area contributed by atoms with Crippen molar-refractivity contribution in [1.29, 1.82) is 0 Å². The number of fused-ring (bicyclic) bond motifs is 1. The lowest BCUT2D eigenvalue weighted by atomic mass is 9.93. The van der Waals surface area contributed by atoms with Crippen molar-refractivity contribution in [3.63, 3.8) is 0 Å². The molecular formula is C22H26N6O4. The van der Waals surface area contributed by atoms with E-state index in [0.717, 1.165) is 28.6 Å². The molecule has 10 heteroatoms. The highest BCUT2D eigenvalue weighted by molar-refractivity contribution is 5.90. The number of carbonyl (C=O) groups is 2. The third kappa shape index (κ3) is 4.86. The Morgan fingerprint density at radius 3 is 2.75 bits per heavy atom. The first-order valence-electron chi connectivity index (χ1n) is 10.7. The lowest BCUT2D eigenvalue weighted by Crippen LogP contribution is -2.41. The zero-order valence-corrected chi connectivity index (χ0v) is 17.8. The number of para-hydroxylation sites is 1. The van der Waals surface area contributed by atoms with Crippen molar-refractivity contribution in [3.8, 4) is 5.82 Å². The minimum Gasteiger partial charge on any atom is -0.446 e. The van der Waals surface area contributed by atoms with Crippen molar-refractivity contribution in [3.05, 3.63) is 42.7 Å². The molecule has 0 radical (unpaired) electrons. The monoisotopic (exact) mass is 438 g/mol. The maximum Gasteiger partial charge on any atom is 0.416 e. The molecule has 0 saturated heterocycles. The normalized spacial score (nSPS) is 18.3. The second kappa shape index (κ2) is 9.73. The first-order chi connectivity index (χ1) is 15.5. The predicted octanol–water partition coefficient (Wildman–Crippen LogP) is 2.52. The van der Waals surface area contributed by atoms with Gasteiger partial charge in [-0.25, -0.2) is 19.4 Å². The summed E-state index contributed by atoms with van der Waals surface area (Å²) < 4.78 is 7.24. The van der Waals surface area contributed by atoms with E-state index < -0.39 is 12.0 Å². The second-order valence-corrected chi connectivity index (χ2v) is 7.75. The molecule has 4 rings (SSSR count). The maximum absolute atomic E-state index is 12.2. The summed E-state index contributed by atoms with van der Waals surface area (Å²) >= 11 is 0. The molecule has 0 bridgehead atoms. The lowest BCUT2D eigenvalue weighted by molar-refractivity contribution is -0.128. The van der Waals surface area contributed by atoms with Crippen molar-refractivity contribution in [2.45, 2.75) is 44.8 Å². The van der Waals surface area contributed by atoms with Crippen molar-refractivity contribution >= 4 is 28.9 Å². The number of aliphatic hydroxyl groups is 1. The molecule has 32 heavy (non-hydrogen) atoms. The molecule has 168 valence electrons. The van der Waals surface area contributed by atoms with Crippen LogP contribution in [0.5, 0.6) is 0 Å². The number of hydrogen-bond donors (Lipinski definition) is 2. The Balaban J connectivity index is 1.34. The van der Waals surface area contributed by atoms with Gasteiger partial charge in [0.1, 0.15) is 6.10 Å². The average Bonchev–Trinajstić information content (AvgIpc) is 3.23. The molecule has 0 aliphatic heterocycles. The van der Waals surface area contributed by atoms with E-state index in [1.54, 1.807) is 17.1 Å². The molecule has 2 aromatic heterocycles. The predicted molar refractivity (Wildman–Crippen MR) is 117 cm³/mol. The highest BCUT2D eigenvalue weighted by Crippen LogP contribution is 2.24. The number of anilines is 1. The highest BCUT2D eigenvalue weighted by Gasteiger charge is 2.27. The van der Waals surface area contributed by atoms with Crippen LogP contribution in [0.25, 0.3) is 16.7 Å². The standard InChI is InChI=1S/C22H26N6O4/c1-15(30)27(12-13-29)22(31)32-18-8-6-17(7-9-18)25-21-23-11-10-20(26-21)28-19-5-3-2-4-16(19)14-24-28/h2-5,10-11,14,17-18,29H,6-9,12-13H2,1H3,(H,23,25,26). The topological polar surface area (TPSA) is 122 Å². The summed E-state index contributed by atoms with van der Waals surface area (Å²) in [4.78, 5) is 33.6. The number of carbonyl (C=O) groups excluding carboxylic acids is 2. The van der Waals surface area contributed by atoms with Gasteiger partial charge in [-0.2, -0.15) is 10.1 Å². The van der Waals surface area contributed by atoms with Crippen LogP contribution in [-0.4, -0.2) is 67.1 Å². The maximum atomic E-state index is 12.2. The van der Waals surface area contributed by atoms with Crippen LogP contribution in [0.4, 0.5) is 10.7 Å². The largest absolute Gasteiger partial charge is 0.446 e. The van der Waals surface area contributed by atoms with Gasteiger partial charge in [0, 0.05) is 30.6 Å². The third-order valence-corrected chi connectivity index (χ3v) is 5.53. The van der Waals surface area contributed by atoms with Gasteiger partial charge in [-0.05, 0) is 31.7 Å². The van der Waals surface area contributed by atoms with Crippen LogP contribution in [0, 0.1) is 0 Å². The van der Waals surface area contributed by atoms with Gasteiger partial charge >= 0.3 is 6.09 Å². The van der Waals surface area contributed by atoms with Gasteiger partial charge in [-0.3, -0.25) is 4.79 Å². The molecule has 3 aromatic rings.